The van der Waals surface area contributed by atoms with Gasteiger partial charge in [-0.05, 0) is 31.4 Å². The summed E-state index contributed by atoms with van der Waals surface area (Å²) in [7, 11) is 1.62. The first-order valence-corrected chi connectivity index (χ1v) is 4.64. The summed E-state index contributed by atoms with van der Waals surface area (Å²) in [4.78, 5) is 10.6. The second kappa shape index (κ2) is 4.84. The first-order valence-electron chi connectivity index (χ1n) is 4.64. The lowest BCUT2D eigenvalue weighted by molar-refractivity contribution is -0.141. The third kappa shape index (κ3) is 2.91. The van der Waals surface area contributed by atoms with E-state index in [-0.39, 0.29) is 5.92 Å². The van der Waals surface area contributed by atoms with Crippen LogP contribution in [0.15, 0.2) is 23.5 Å². The van der Waals surface area contributed by atoms with Crippen LogP contribution in [0.1, 0.15) is 19.8 Å². The number of ether oxygens (including phenoxy) is 1. The van der Waals surface area contributed by atoms with Crippen LogP contribution in [0.3, 0.4) is 0 Å². The Morgan fingerprint density at radius 3 is 3.00 bits per heavy atom. The summed E-state index contributed by atoms with van der Waals surface area (Å²) in [5.74, 6) is -0.276. The van der Waals surface area contributed by atoms with Crippen LogP contribution in [-0.4, -0.2) is 18.2 Å². The van der Waals surface area contributed by atoms with Gasteiger partial charge in [0.25, 0.3) is 0 Å². The molecule has 0 aromatic rings. The number of aliphatic carboxylic acids is 1. The van der Waals surface area contributed by atoms with Crippen molar-refractivity contribution in [2.24, 2.45) is 5.92 Å². The lowest BCUT2D eigenvalue weighted by atomic mass is 9.94. The maximum Gasteiger partial charge on any atom is 0.306 e. The number of carboxylic acid groups (broad SMARTS) is 1. The molecule has 0 heterocycles. The van der Waals surface area contributed by atoms with Gasteiger partial charge in [-0.1, -0.05) is 12.5 Å². The molecule has 1 rings (SSSR count). The zero-order valence-electron chi connectivity index (χ0n) is 8.49. The highest BCUT2D eigenvalue weighted by molar-refractivity contribution is 5.70. The summed E-state index contributed by atoms with van der Waals surface area (Å²) in [6.45, 7) is 1.71. The largest absolute Gasteiger partial charge is 0.497 e. The van der Waals surface area contributed by atoms with Gasteiger partial charge in [-0.3, -0.25) is 4.79 Å². The third-order valence-corrected chi connectivity index (χ3v) is 2.23. The van der Waals surface area contributed by atoms with Crippen molar-refractivity contribution in [3.8, 4) is 0 Å². The van der Waals surface area contributed by atoms with Crippen LogP contribution < -0.4 is 0 Å². The van der Waals surface area contributed by atoms with Crippen LogP contribution in [0, 0.1) is 12.3 Å². The number of carbonyl (C=O) groups is 1. The Kier molecular flexibility index (Phi) is 3.74. The van der Waals surface area contributed by atoms with Gasteiger partial charge in [0, 0.05) is 0 Å². The van der Waals surface area contributed by atoms with Gasteiger partial charge in [0.1, 0.15) is 5.76 Å². The summed E-state index contributed by atoms with van der Waals surface area (Å²) < 4.78 is 5.08. The highest BCUT2D eigenvalue weighted by Crippen LogP contribution is 2.22. The predicted octanol–water partition coefficient (Wildman–Crippen LogP) is 2.16. The standard InChI is InChI=1S/C11H15O3/c1-8(11(12)13)6-9-4-3-5-10(7-9)14-2/h4-5,7-8H,3,6H2,1-2H3,(H,12,13)/t8-/m0/s1. The highest BCUT2D eigenvalue weighted by Gasteiger charge is 2.15. The van der Waals surface area contributed by atoms with Crippen molar-refractivity contribution in [1.82, 2.24) is 0 Å². The minimum atomic E-state index is -0.757. The molecule has 0 saturated carbocycles. The van der Waals surface area contributed by atoms with E-state index in [9.17, 15) is 4.79 Å². The Bertz CT molecular complexity index is 276. The van der Waals surface area contributed by atoms with E-state index in [1.807, 2.05) is 18.6 Å². The summed E-state index contributed by atoms with van der Waals surface area (Å²) in [5, 5.41) is 8.75. The molecule has 1 aliphatic carbocycles. The molecule has 3 heteroatoms. The van der Waals surface area contributed by atoms with Crippen molar-refractivity contribution in [2.45, 2.75) is 19.8 Å². The van der Waals surface area contributed by atoms with Crippen molar-refractivity contribution in [1.29, 1.82) is 0 Å². The van der Waals surface area contributed by atoms with Crippen molar-refractivity contribution in [2.75, 3.05) is 7.11 Å². The molecule has 1 atom stereocenters. The van der Waals surface area contributed by atoms with E-state index >= 15 is 0 Å². The van der Waals surface area contributed by atoms with Gasteiger partial charge in [-0.2, -0.15) is 0 Å². The van der Waals surface area contributed by atoms with E-state index in [2.05, 4.69) is 0 Å². The number of methoxy groups -OCH3 is 1. The highest BCUT2D eigenvalue weighted by atomic mass is 16.5. The number of carboxylic acids is 1. The summed E-state index contributed by atoms with van der Waals surface area (Å²) >= 11 is 0. The van der Waals surface area contributed by atoms with Gasteiger partial charge < -0.3 is 9.84 Å². The number of allylic oxidation sites excluding steroid dienone is 3. The molecule has 0 amide bonds. The van der Waals surface area contributed by atoms with Crippen LogP contribution in [0.2, 0.25) is 0 Å². The van der Waals surface area contributed by atoms with Gasteiger partial charge in [0.05, 0.1) is 13.0 Å². The molecule has 0 aliphatic heterocycles. The minimum Gasteiger partial charge on any atom is -0.497 e. The Hall–Kier alpha value is -1.25. The first kappa shape index (κ1) is 10.8. The zero-order valence-corrected chi connectivity index (χ0v) is 8.49. The SMILES string of the molecule is COC1=CC[CH]C(C[C@H](C)C(=O)O)=C1. The lowest BCUT2D eigenvalue weighted by Crippen LogP contribution is -2.11. The molecule has 1 N–H and O–H groups in total. The number of rotatable bonds is 4. The Morgan fingerprint density at radius 1 is 1.71 bits per heavy atom. The molecule has 0 aromatic heterocycles. The fourth-order valence-corrected chi connectivity index (χ4v) is 1.35. The third-order valence-electron chi connectivity index (χ3n) is 2.23. The Labute approximate surface area is 84.1 Å². The van der Waals surface area contributed by atoms with Gasteiger partial charge in [-0.25, -0.2) is 0 Å². The summed E-state index contributed by atoms with van der Waals surface area (Å²) in [5.41, 5.74) is 1.04. The van der Waals surface area contributed by atoms with Gasteiger partial charge in [0.15, 0.2) is 0 Å². The monoisotopic (exact) mass is 195 g/mol. The molecular weight excluding hydrogens is 180 g/mol. The molecule has 77 valence electrons. The fraction of sp³-hybridized carbons (Fsp3) is 0.455. The van der Waals surface area contributed by atoms with E-state index in [1.165, 1.54) is 0 Å². The van der Waals surface area contributed by atoms with Crippen molar-refractivity contribution in [3.63, 3.8) is 0 Å². The maximum atomic E-state index is 10.6. The average molecular weight is 195 g/mol. The smallest absolute Gasteiger partial charge is 0.306 e. The zero-order chi connectivity index (χ0) is 10.6. The second-order valence-electron chi connectivity index (χ2n) is 3.41. The van der Waals surface area contributed by atoms with Crippen LogP contribution >= 0.6 is 0 Å². The Balaban J connectivity index is 2.57. The quantitative estimate of drug-likeness (QED) is 0.747. The van der Waals surface area contributed by atoms with Gasteiger partial charge in [-0.15, -0.1) is 0 Å². The van der Waals surface area contributed by atoms with Crippen molar-refractivity contribution in [3.05, 3.63) is 29.9 Å². The molecule has 1 aliphatic rings. The first-order chi connectivity index (χ1) is 6.63. The lowest BCUT2D eigenvalue weighted by Gasteiger charge is -2.14. The summed E-state index contributed by atoms with van der Waals surface area (Å²) in [6, 6.07) is 0. The molecule has 0 spiro atoms. The van der Waals surface area contributed by atoms with E-state index in [1.54, 1.807) is 14.0 Å². The van der Waals surface area contributed by atoms with Crippen LogP contribution in [-0.2, 0) is 9.53 Å². The molecule has 1 radical (unpaired) electrons. The molecule has 14 heavy (non-hydrogen) atoms. The molecular formula is C11H15O3. The van der Waals surface area contributed by atoms with E-state index in [0.29, 0.717) is 6.42 Å². The van der Waals surface area contributed by atoms with E-state index in [0.717, 1.165) is 17.8 Å². The predicted molar refractivity (Wildman–Crippen MR) is 53.5 cm³/mol. The van der Waals surface area contributed by atoms with Crippen LogP contribution in [0.4, 0.5) is 0 Å². The molecule has 3 nitrogen and oxygen atoms in total. The fourth-order valence-electron chi connectivity index (χ4n) is 1.35. The molecule has 0 fully saturated rings. The van der Waals surface area contributed by atoms with Crippen LogP contribution in [0.25, 0.3) is 0 Å². The number of hydrogen-bond acceptors (Lipinski definition) is 2. The average Bonchev–Trinajstić information content (AvgIpc) is 2.18. The molecule has 0 saturated heterocycles. The van der Waals surface area contributed by atoms with E-state index in [4.69, 9.17) is 9.84 Å². The Morgan fingerprint density at radius 2 is 2.43 bits per heavy atom. The van der Waals surface area contributed by atoms with Crippen LogP contribution in [0.5, 0.6) is 0 Å². The second-order valence-corrected chi connectivity index (χ2v) is 3.41. The maximum absolute atomic E-state index is 10.6. The summed E-state index contributed by atoms with van der Waals surface area (Å²) in [6.07, 6.45) is 7.28. The van der Waals surface area contributed by atoms with Crippen molar-refractivity contribution >= 4 is 5.97 Å². The minimum absolute atomic E-state index is 0.339. The topological polar surface area (TPSA) is 46.5 Å². The normalized spacial score (nSPS) is 18.1. The van der Waals surface area contributed by atoms with Gasteiger partial charge >= 0.3 is 5.97 Å². The molecule has 0 aromatic carbocycles. The van der Waals surface area contributed by atoms with Crippen molar-refractivity contribution < 1.29 is 14.6 Å². The number of hydrogen-bond donors (Lipinski definition) is 1. The molecule has 0 bridgehead atoms. The van der Waals surface area contributed by atoms with Gasteiger partial charge in [0.2, 0.25) is 0 Å². The van der Waals surface area contributed by atoms with E-state index < -0.39 is 5.97 Å². The molecule has 0 unspecified atom stereocenters.